The van der Waals surface area contributed by atoms with Crippen molar-refractivity contribution < 1.29 is 14.3 Å². The fraction of sp³-hybridized carbons (Fsp3) is 0.200. The standard InChI is InChI=1S/C20H19N3O3/c1-2-25-18-10-6-4-8-16(18)22-19(24)12-23-20-14(11-21-23)13-26-17-9-5-3-7-15(17)20/h3-11H,2,12-13H2,1H3,(H,22,24). The van der Waals surface area contributed by atoms with Crippen LogP contribution in [0.2, 0.25) is 0 Å². The van der Waals surface area contributed by atoms with Crippen molar-refractivity contribution in [2.45, 2.75) is 20.1 Å². The number of carbonyl (C=O) groups is 1. The summed E-state index contributed by atoms with van der Waals surface area (Å²) in [7, 11) is 0. The molecule has 1 N–H and O–H groups in total. The first kappa shape index (κ1) is 16.2. The molecule has 0 atom stereocenters. The molecule has 0 saturated carbocycles. The van der Waals surface area contributed by atoms with E-state index in [0.29, 0.717) is 24.7 Å². The van der Waals surface area contributed by atoms with Crippen molar-refractivity contribution in [3.63, 3.8) is 0 Å². The van der Waals surface area contributed by atoms with E-state index in [1.165, 1.54) is 0 Å². The molecular weight excluding hydrogens is 330 g/mol. The molecule has 2 aromatic carbocycles. The van der Waals surface area contributed by atoms with E-state index in [-0.39, 0.29) is 12.5 Å². The second kappa shape index (κ2) is 6.92. The third-order valence-electron chi connectivity index (χ3n) is 4.19. The van der Waals surface area contributed by atoms with Gasteiger partial charge < -0.3 is 14.8 Å². The Kier molecular flexibility index (Phi) is 4.31. The predicted octanol–water partition coefficient (Wildman–Crippen LogP) is 3.48. The first-order valence-electron chi connectivity index (χ1n) is 8.55. The molecule has 1 aliphatic heterocycles. The van der Waals surface area contributed by atoms with Crippen molar-refractivity contribution in [3.05, 3.63) is 60.3 Å². The van der Waals surface area contributed by atoms with E-state index in [0.717, 1.165) is 22.6 Å². The van der Waals surface area contributed by atoms with Crippen LogP contribution in [0, 0.1) is 0 Å². The molecule has 1 aliphatic rings. The van der Waals surface area contributed by atoms with Crippen molar-refractivity contribution in [2.75, 3.05) is 11.9 Å². The number of carbonyl (C=O) groups excluding carboxylic acids is 1. The zero-order valence-electron chi connectivity index (χ0n) is 14.4. The third kappa shape index (κ3) is 3.01. The first-order chi connectivity index (χ1) is 12.8. The van der Waals surface area contributed by atoms with Gasteiger partial charge in [0.05, 0.1) is 24.2 Å². The normalized spacial score (nSPS) is 11.9. The summed E-state index contributed by atoms with van der Waals surface area (Å²) in [6.45, 7) is 3.02. The molecule has 6 nitrogen and oxygen atoms in total. The highest BCUT2D eigenvalue weighted by Gasteiger charge is 2.22. The van der Waals surface area contributed by atoms with Crippen LogP contribution in [0.5, 0.6) is 11.5 Å². The number of benzene rings is 2. The lowest BCUT2D eigenvalue weighted by molar-refractivity contribution is -0.116. The smallest absolute Gasteiger partial charge is 0.246 e. The van der Waals surface area contributed by atoms with Crippen LogP contribution in [0.15, 0.2) is 54.7 Å². The van der Waals surface area contributed by atoms with Gasteiger partial charge >= 0.3 is 0 Å². The molecule has 0 spiro atoms. The Bertz CT molecular complexity index is 949. The second-order valence-corrected chi connectivity index (χ2v) is 5.94. The third-order valence-corrected chi connectivity index (χ3v) is 4.19. The van der Waals surface area contributed by atoms with E-state index in [1.54, 1.807) is 10.9 Å². The Morgan fingerprint density at radius 1 is 1.23 bits per heavy atom. The van der Waals surface area contributed by atoms with Gasteiger partial charge in [-0.3, -0.25) is 9.48 Å². The number of amides is 1. The van der Waals surface area contributed by atoms with Crippen molar-refractivity contribution in [3.8, 4) is 22.8 Å². The second-order valence-electron chi connectivity index (χ2n) is 5.94. The van der Waals surface area contributed by atoms with E-state index >= 15 is 0 Å². The monoisotopic (exact) mass is 349 g/mol. The fourth-order valence-corrected chi connectivity index (χ4v) is 3.08. The number of para-hydroxylation sites is 3. The van der Waals surface area contributed by atoms with Crippen LogP contribution in [0.4, 0.5) is 5.69 Å². The minimum absolute atomic E-state index is 0.115. The number of fused-ring (bicyclic) bond motifs is 3. The van der Waals surface area contributed by atoms with E-state index < -0.39 is 0 Å². The number of hydrogen-bond acceptors (Lipinski definition) is 4. The Morgan fingerprint density at radius 2 is 2.04 bits per heavy atom. The molecule has 0 aliphatic carbocycles. The molecule has 3 aromatic rings. The van der Waals surface area contributed by atoms with Gasteiger partial charge in [-0.05, 0) is 31.2 Å². The van der Waals surface area contributed by atoms with Gasteiger partial charge in [0.1, 0.15) is 24.7 Å². The number of ether oxygens (including phenoxy) is 2. The maximum atomic E-state index is 12.6. The Morgan fingerprint density at radius 3 is 2.92 bits per heavy atom. The Hall–Kier alpha value is -3.28. The van der Waals surface area contributed by atoms with Crippen molar-refractivity contribution >= 4 is 11.6 Å². The summed E-state index contributed by atoms with van der Waals surface area (Å²) >= 11 is 0. The average molecular weight is 349 g/mol. The molecule has 4 rings (SSSR count). The van der Waals surface area contributed by atoms with Crippen LogP contribution in [-0.2, 0) is 17.9 Å². The fourth-order valence-electron chi connectivity index (χ4n) is 3.08. The topological polar surface area (TPSA) is 65.4 Å². The van der Waals surface area contributed by atoms with Gasteiger partial charge in [-0.1, -0.05) is 24.3 Å². The minimum atomic E-state index is -0.160. The van der Waals surface area contributed by atoms with Crippen LogP contribution in [-0.4, -0.2) is 22.3 Å². The van der Waals surface area contributed by atoms with Crippen LogP contribution in [0.3, 0.4) is 0 Å². The summed E-state index contributed by atoms with van der Waals surface area (Å²) in [5.74, 6) is 1.31. The van der Waals surface area contributed by atoms with E-state index in [1.807, 2.05) is 55.5 Å². The number of hydrogen-bond donors (Lipinski definition) is 1. The molecule has 0 unspecified atom stereocenters. The van der Waals surface area contributed by atoms with Crippen LogP contribution >= 0.6 is 0 Å². The van der Waals surface area contributed by atoms with Gasteiger partial charge in [-0.2, -0.15) is 5.10 Å². The number of nitrogens with zero attached hydrogens (tertiary/aromatic N) is 2. The van der Waals surface area contributed by atoms with Gasteiger partial charge in [-0.25, -0.2) is 0 Å². The predicted molar refractivity (Wildman–Crippen MR) is 98.2 cm³/mol. The van der Waals surface area contributed by atoms with Crippen LogP contribution in [0.1, 0.15) is 12.5 Å². The molecular formula is C20H19N3O3. The Balaban J connectivity index is 1.57. The lowest BCUT2D eigenvalue weighted by Gasteiger charge is -2.19. The average Bonchev–Trinajstić information content (AvgIpc) is 3.07. The molecule has 2 heterocycles. The zero-order valence-corrected chi connectivity index (χ0v) is 14.4. The van der Waals surface area contributed by atoms with E-state index in [2.05, 4.69) is 10.4 Å². The van der Waals surface area contributed by atoms with E-state index in [9.17, 15) is 4.79 Å². The highest BCUT2D eigenvalue weighted by Crippen LogP contribution is 2.37. The van der Waals surface area contributed by atoms with Gasteiger partial charge in [-0.15, -0.1) is 0 Å². The van der Waals surface area contributed by atoms with Crippen molar-refractivity contribution in [2.24, 2.45) is 0 Å². The van der Waals surface area contributed by atoms with Gasteiger partial charge in [0.15, 0.2) is 0 Å². The molecule has 6 heteroatoms. The number of aromatic nitrogens is 2. The van der Waals surface area contributed by atoms with Crippen LogP contribution < -0.4 is 14.8 Å². The summed E-state index contributed by atoms with van der Waals surface area (Å²) in [6, 6.07) is 15.2. The summed E-state index contributed by atoms with van der Waals surface area (Å²) in [6.07, 6.45) is 1.76. The highest BCUT2D eigenvalue weighted by atomic mass is 16.5. The molecule has 26 heavy (non-hydrogen) atoms. The summed E-state index contributed by atoms with van der Waals surface area (Å²) in [4.78, 5) is 12.6. The first-order valence-corrected chi connectivity index (χ1v) is 8.55. The van der Waals surface area contributed by atoms with Gasteiger partial charge in [0.2, 0.25) is 5.91 Å². The van der Waals surface area contributed by atoms with Crippen molar-refractivity contribution in [1.29, 1.82) is 0 Å². The van der Waals surface area contributed by atoms with Gasteiger partial charge in [0.25, 0.3) is 0 Å². The minimum Gasteiger partial charge on any atom is -0.492 e. The van der Waals surface area contributed by atoms with E-state index in [4.69, 9.17) is 9.47 Å². The lowest BCUT2D eigenvalue weighted by Crippen LogP contribution is -2.21. The van der Waals surface area contributed by atoms with Crippen molar-refractivity contribution in [1.82, 2.24) is 9.78 Å². The number of nitrogens with one attached hydrogen (secondary N) is 1. The maximum absolute atomic E-state index is 12.6. The summed E-state index contributed by atoms with van der Waals surface area (Å²) in [5, 5.41) is 7.29. The molecule has 1 aromatic heterocycles. The summed E-state index contributed by atoms with van der Waals surface area (Å²) in [5.41, 5.74) is 3.52. The quantitative estimate of drug-likeness (QED) is 0.766. The van der Waals surface area contributed by atoms with Crippen LogP contribution in [0.25, 0.3) is 11.3 Å². The molecule has 132 valence electrons. The number of anilines is 1. The molecule has 0 bridgehead atoms. The Labute approximate surface area is 151 Å². The largest absolute Gasteiger partial charge is 0.492 e. The molecule has 0 radical (unpaired) electrons. The maximum Gasteiger partial charge on any atom is 0.246 e. The SMILES string of the molecule is CCOc1ccccc1NC(=O)Cn1ncc2c1-c1ccccc1OC2. The molecule has 0 saturated heterocycles. The molecule has 0 fully saturated rings. The lowest BCUT2D eigenvalue weighted by atomic mass is 10.0. The molecule has 1 amide bonds. The summed E-state index contributed by atoms with van der Waals surface area (Å²) < 4.78 is 13.0. The van der Waals surface area contributed by atoms with Gasteiger partial charge in [0, 0.05) is 11.1 Å². The number of rotatable bonds is 5. The zero-order chi connectivity index (χ0) is 17.9. The highest BCUT2D eigenvalue weighted by molar-refractivity contribution is 5.92.